The molecule has 2 aromatic rings. The minimum Gasteiger partial charge on any atom is -0.322 e. The number of carbonyl (C=O) groups excluding carboxylic acids is 1. The number of amides is 1. The Hall–Kier alpha value is -1.12. The molecule has 22 heavy (non-hydrogen) atoms. The minimum absolute atomic E-state index is 0.0433. The minimum atomic E-state index is -3.24. The number of nitrogens with one attached hydrogen (secondary N) is 1. The van der Waals surface area contributed by atoms with Crippen LogP contribution in [0.1, 0.15) is 17.3 Å². The summed E-state index contributed by atoms with van der Waals surface area (Å²) in [5, 5.41) is 3.30. The van der Waals surface area contributed by atoms with Crippen molar-refractivity contribution in [1.82, 2.24) is 0 Å². The molecule has 4 nitrogen and oxygen atoms in total. The molecule has 2 rings (SSSR count). The third kappa shape index (κ3) is 3.99. The van der Waals surface area contributed by atoms with Crippen molar-refractivity contribution in [2.75, 3.05) is 11.1 Å². The van der Waals surface area contributed by atoms with Crippen molar-refractivity contribution < 1.29 is 13.2 Å². The molecule has 0 unspecified atom stereocenters. The van der Waals surface area contributed by atoms with Crippen LogP contribution in [-0.2, 0) is 9.84 Å². The first kappa shape index (κ1) is 17.2. The summed E-state index contributed by atoms with van der Waals surface area (Å²) in [5.74, 6) is -0.228. The van der Waals surface area contributed by atoms with E-state index >= 15 is 0 Å². The molecule has 116 valence electrons. The molecule has 0 aromatic heterocycles. The number of rotatable bonds is 4. The van der Waals surface area contributed by atoms with Crippen molar-refractivity contribution in [2.24, 2.45) is 0 Å². The number of sulfone groups is 1. The van der Waals surface area contributed by atoms with E-state index < -0.39 is 9.84 Å². The molecule has 1 N–H and O–H groups in total. The van der Waals surface area contributed by atoms with Gasteiger partial charge >= 0.3 is 0 Å². The summed E-state index contributed by atoms with van der Waals surface area (Å²) >= 11 is 7.90. The highest BCUT2D eigenvalue weighted by molar-refractivity contribution is 14.1. The van der Waals surface area contributed by atoms with Gasteiger partial charge in [-0.1, -0.05) is 18.5 Å². The summed E-state index contributed by atoms with van der Waals surface area (Å²) in [6.45, 7) is 1.59. The maximum absolute atomic E-state index is 12.2. The molecular formula is C15H13ClINO3S. The van der Waals surface area contributed by atoms with E-state index in [1.807, 2.05) is 22.6 Å². The maximum atomic E-state index is 12.2. The zero-order chi connectivity index (χ0) is 16.3. The highest BCUT2D eigenvalue weighted by Gasteiger charge is 2.13. The molecule has 0 spiro atoms. The lowest BCUT2D eigenvalue weighted by Gasteiger charge is -2.08. The highest BCUT2D eigenvalue weighted by atomic mass is 127. The van der Waals surface area contributed by atoms with Gasteiger partial charge in [-0.3, -0.25) is 4.79 Å². The molecule has 0 aliphatic heterocycles. The smallest absolute Gasteiger partial charge is 0.256 e. The van der Waals surface area contributed by atoms with Gasteiger partial charge in [-0.2, -0.15) is 0 Å². The lowest BCUT2D eigenvalue weighted by atomic mass is 10.2. The van der Waals surface area contributed by atoms with E-state index in [0.717, 1.165) is 3.57 Å². The molecule has 7 heteroatoms. The fourth-order valence-corrected chi connectivity index (χ4v) is 3.78. The molecule has 0 aliphatic carbocycles. The summed E-state index contributed by atoms with van der Waals surface area (Å²) in [5.41, 5.74) is 1.04. The van der Waals surface area contributed by atoms with Gasteiger partial charge in [-0.25, -0.2) is 8.42 Å². The van der Waals surface area contributed by atoms with E-state index in [0.29, 0.717) is 16.3 Å². The Morgan fingerprint density at radius 1 is 1.18 bits per heavy atom. The van der Waals surface area contributed by atoms with Crippen LogP contribution in [0.3, 0.4) is 0 Å². The number of carbonyl (C=O) groups is 1. The van der Waals surface area contributed by atoms with Crippen LogP contribution in [0, 0.1) is 3.57 Å². The van der Waals surface area contributed by atoms with E-state index in [1.165, 1.54) is 12.1 Å². The maximum Gasteiger partial charge on any atom is 0.256 e. The Kier molecular flexibility index (Phi) is 5.46. The van der Waals surface area contributed by atoms with Crippen LogP contribution in [0.15, 0.2) is 47.4 Å². The largest absolute Gasteiger partial charge is 0.322 e. The van der Waals surface area contributed by atoms with Crippen LogP contribution in [0.2, 0.25) is 5.02 Å². The zero-order valence-electron chi connectivity index (χ0n) is 11.6. The fraction of sp³-hybridized carbons (Fsp3) is 0.133. The van der Waals surface area contributed by atoms with Gasteiger partial charge in [-0.05, 0) is 65.1 Å². The van der Waals surface area contributed by atoms with Crippen molar-refractivity contribution in [3.05, 3.63) is 56.6 Å². The quantitative estimate of drug-likeness (QED) is 0.718. The Balaban J connectivity index is 2.19. The van der Waals surface area contributed by atoms with Gasteiger partial charge in [0.1, 0.15) is 0 Å². The zero-order valence-corrected chi connectivity index (χ0v) is 15.4. The number of hydrogen-bond donors (Lipinski definition) is 1. The van der Waals surface area contributed by atoms with Crippen LogP contribution >= 0.6 is 34.2 Å². The summed E-state index contributed by atoms with van der Waals surface area (Å²) in [6.07, 6.45) is 0. The van der Waals surface area contributed by atoms with Gasteiger partial charge in [0.2, 0.25) is 0 Å². The molecule has 0 bridgehead atoms. The van der Waals surface area contributed by atoms with Gasteiger partial charge in [0.15, 0.2) is 9.84 Å². The van der Waals surface area contributed by atoms with Gasteiger partial charge < -0.3 is 5.32 Å². The van der Waals surface area contributed by atoms with Crippen LogP contribution in [0.4, 0.5) is 5.69 Å². The normalized spacial score (nSPS) is 11.2. The van der Waals surface area contributed by atoms with Crippen LogP contribution in [0.25, 0.3) is 0 Å². The topological polar surface area (TPSA) is 63.2 Å². The molecule has 1 amide bonds. The first-order valence-electron chi connectivity index (χ1n) is 6.42. The number of halogens is 2. The highest BCUT2D eigenvalue weighted by Crippen LogP contribution is 2.20. The fourth-order valence-electron chi connectivity index (χ4n) is 1.78. The van der Waals surface area contributed by atoms with Crippen molar-refractivity contribution >= 4 is 55.6 Å². The Labute approximate surface area is 147 Å². The monoisotopic (exact) mass is 449 g/mol. The molecule has 0 aliphatic rings. The van der Waals surface area contributed by atoms with E-state index in [1.54, 1.807) is 37.3 Å². The molecule has 0 radical (unpaired) electrons. The van der Waals surface area contributed by atoms with Crippen molar-refractivity contribution in [3.8, 4) is 0 Å². The van der Waals surface area contributed by atoms with Crippen molar-refractivity contribution in [3.63, 3.8) is 0 Å². The first-order valence-corrected chi connectivity index (χ1v) is 9.53. The van der Waals surface area contributed by atoms with Gasteiger partial charge in [0.05, 0.1) is 16.2 Å². The summed E-state index contributed by atoms with van der Waals surface area (Å²) in [4.78, 5) is 12.5. The SMILES string of the molecule is CCS(=O)(=O)c1ccc(NC(=O)c2ccc(Cl)cc2I)cc1. The molecular weight excluding hydrogens is 437 g/mol. The third-order valence-electron chi connectivity index (χ3n) is 3.03. The number of hydrogen-bond acceptors (Lipinski definition) is 3. The first-order chi connectivity index (χ1) is 10.3. The second kappa shape index (κ2) is 6.97. The molecule has 2 aromatic carbocycles. The van der Waals surface area contributed by atoms with E-state index in [-0.39, 0.29) is 16.6 Å². The van der Waals surface area contributed by atoms with Crippen LogP contribution in [-0.4, -0.2) is 20.1 Å². The van der Waals surface area contributed by atoms with E-state index in [9.17, 15) is 13.2 Å². The Morgan fingerprint density at radius 2 is 1.82 bits per heavy atom. The second-order valence-corrected chi connectivity index (χ2v) is 8.38. The predicted molar refractivity (Wildman–Crippen MR) is 96.3 cm³/mol. The number of anilines is 1. The van der Waals surface area contributed by atoms with Gasteiger partial charge in [0.25, 0.3) is 5.91 Å². The van der Waals surface area contributed by atoms with Crippen LogP contribution < -0.4 is 5.32 Å². The molecule has 0 saturated heterocycles. The number of benzene rings is 2. The molecule has 0 atom stereocenters. The molecule has 0 heterocycles. The summed E-state index contributed by atoms with van der Waals surface area (Å²) < 4.78 is 24.2. The van der Waals surface area contributed by atoms with E-state index in [2.05, 4.69) is 5.32 Å². The third-order valence-corrected chi connectivity index (χ3v) is 5.91. The summed E-state index contributed by atoms with van der Waals surface area (Å²) in [6, 6.07) is 11.1. The lowest BCUT2D eigenvalue weighted by Crippen LogP contribution is -2.13. The Bertz CT molecular complexity index is 804. The van der Waals surface area contributed by atoms with Gasteiger partial charge in [-0.15, -0.1) is 0 Å². The summed E-state index contributed by atoms with van der Waals surface area (Å²) in [7, 11) is -3.24. The average molecular weight is 450 g/mol. The van der Waals surface area contributed by atoms with Crippen LogP contribution in [0.5, 0.6) is 0 Å². The Morgan fingerprint density at radius 3 is 2.36 bits per heavy atom. The molecule has 0 fully saturated rings. The lowest BCUT2D eigenvalue weighted by molar-refractivity contribution is 0.102. The van der Waals surface area contributed by atoms with Crippen molar-refractivity contribution in [2.45, 2.75) is 11.8 Å². The standard InChI is InChI=1S/C15H13ClINO3S/c1-2-22(20,21)12-6-4-11(5-7-12)18-15(19)13-8-3-10(16)9-14(13)17/h3-9H,2H2,1H3,(H,18,19). The predicted octanol–water partition coefficient (Wildman–Crippen LogP) is 3.99. The van der Waals surface area contributed by atoms with Crippen molar-refractivity contribution in [1.29, 1.82) is 0 Å². The van der Waals surface area contributed by atoms with E-state index in [4.69, 9.17) is 11.6 Å². The second-order valence-electron chi connectivity index (χ2n) is 4.51. The average Bonchev–Trinajstić information content (AvgIpc) is 2.47. The van der Waals surface area contributed by atoms with Gasteiger partial charge in [0, 0.05) is 14.3 Å². The molecule has 0 saturated carbocycles.